The molecule has 18 heavy (non-hydrogen) atoms. The number of carbonyl (C=O) groups is 1. The molecule has 0 saturated heterocycles. The summed E-state index contributed by atoms with van der Waals surface area (Å²) in [5, 5.41) is 4.22. The summed E-state index contributed by atoms with van der Waals surface area (Å²) in [4.78, 5) is 16.3. The van der Waals surface area contributed by atoms with E-state index in [0.29, 0.717) is 6.61 Å². The third-order valence-corrected chi connectivity index (χ3v) is 2.35. The summed E-state index contributed by atoms with van der Waals surface area (Å²) >= 11 is 0. The largest absolute Gasteiger partial charge is 0.274 e. The number of rotatable bonds is 5. The van der Waals surface area contributed by atoms with Crippen molar-refractivity contribution in [1.29, 1.82) is 0 Å². The smallest absolute Gasteiger partial charge is 0.248 e. The molecule has 1 N–H and O–H groups in total. The molecule has 0 saturated carbocycles. The molecule has 0 aliphatic rings. The lowest BCUT2D eigenvalue weighted by molar-refractivity contribution is -0.132. The molecule has 0 bridgehead atoms. The summed E-state index contributed by atoms with van der Waals surface area (Å²) in [6.07, 6.45) is 3.77. The molecule has 0 radical (unpaired) electrons. The lowest BCUT2D eigenvalue weighted by Crippen LogP contribution is -2.25. The number of nitrogens with zero attached hydrogens (tertiary/aromatic N) is 2. The van der Waals surface area contributed by atoms with E-state index in [2.05, 4.69) is 10.6 Å². The van der Waals surface area contributed by atoms with Crippen molar-refractivity contribution < 1.29 is 9.63 Å². The van der Waals surface area contributed by atoms with Crippen molar-refractivity contribution in [2.45, 2.75) is 13.3 Å². The van der Waals surface area contributed by atoms with Crippen LogP contribution in [-0.2, 0) is 16.1 Å². The Morgan fingerprint density at radius 3 is 2.89 bits per heavy atom. The topological polar surface area (TPSA) is 56.1 Å². The molecular formula is C13H15N3O2. The molecule has 0 unspecified atom stereocenters. The fourth-order valence-electron chi connectivity index (χ4n) is 1.55. The van der Waals surface area contributed by atoms with Gasteiger partial charge in [0.2, 0.25) is 5.91 Å². The number of amides is 1. The number of hydrogen-bond donors (Lipinski definition) is 1. The van der Waals surface area contributed by atoms with Gasteiger partial charge in [0.05, 0.1) is 24.9 Å². The summed E-state index contributed by atoms with van der Waals surface area (Å²) < 4.78 is 1.74. The lowest BCUT2D eigenvalue weighted by Gasteiger charge is -2.01. The molecule has 94 valence electrons. The fraction of sp³-hybridized carbons (Fsp3) is 0.231. The van der Waals surface area contributed by atoms with Crippen LogP contribution in [0.2, 0.25) is 0 Å². The van der Waals surface area contributed by atoms with Crippen LogP contribution in [0.3, 0.4) is 0 Å². The highest BCUT2D eigenvalue weighted by atomic mass is 16.6. The first kappa shape index (κ1) is 12.3. The molecule has 0 aliphatic heterocycles. The molecule has 1 aromatic carbocycles. The minimum atomic E-state index is -0.176. The number of para-hydroxylation sites is 1. The van der Waals surface area contributed by atoms with Gasteiger partial charge in [-0.15, -0.1) is 0 Å². The predicted octanol–water partition coefficient (Wildman–Crippen LogP) is 1.48. The maximum Gasteiger partial charge on any atom is 0.248 e. The summed E-state index contributed by atoms with van der Waals surface area (Å²) in [6, 6.07) is 9.74. The van der Waals surface area contributed by atoms with Crippen molar-refractivity contribution in [3.8, 4) is 5.69 Å². The van der Waals surface area contributed by atoms with Crippen LogP contribution >= 0.6 is 0 Å². The van der Waals surface area contributed by atoms with Crippen LogP contribution in [-0.4, -0.2) is 22.3 Å². The van der Waals surface area contributed by atoms with Gasteiger partial charge in [-0.05, 0) is 24.6 Å². The standard InChI is InChI=1S/C13H15N3O2/c1-2-18-15-13(17)8-11-9-14-16(10-11)12-6-4-3-5-7-12/h3-7,9-10H,2,8H2,1H3,(H,15,17). The van der Waals surface area contributed by atoms with Gasteiger partial charge in [-0.2, -0.15) is 5.10 Å². The van der Waals surface area contributed by atoms with Crippen LogP contribution in [0.5, 0.6) is 0 Å². The highest BCUT2D eigenvalue weighted by molar-refractivity contribution is 5.77. The minimum absolute atomic E-state index is 0.176. The van der Waals surface area contributed by atoms with Crippen LogP contribution in [0.1, 0.15) is 12.5 Å². The van der Waals surface area contributed by atoms with Crippen LogP contribution in [0, 0.1) is 0 Å². The molecule has 0 aliphatic carbocycles. The molecule has 1 amide bonds. The third-order valence-electron chi connectivity index (χ3n) is 2.35. The van der Waals surface area contributed by atoms with Crippen molar-refractivity contribution in [1.82, 2.24) is 15.3 Å². The molecule has 0 fully saturated rings. The highest BCUT2D eigenvalue weighted by Crippen LogP contribution is 2.07. The number of carbonyl (C=O) groups excluding carboxylic acids is 1. The molecule has 2 rings (SSSR count). The van der Waals surface area contributed by atoms with Gasteiger partial charge in [0, 0.05) is 6.20 Å². The second kappa shape index (κ2) is 5.97. The second-order valence-electron chi connectivity index (χ2n) is 3.76. The van der Waals surface area contributed by atoms with Gasteiger partial charge in [0.25, 0.3) is 0 Å². The van der Waals surface area contributed by atoms with E-state index in [1.54, 1.807) is 10.9 Å². The molecule has 0 atom stereocenters. The Labute approximate surface area is 105 Å². The predicted molar refractivity (Wildman–Crippen MR) is 67.0 cm³/mol. The summed E-state index contributed by atoms with van der Waals surface area (Å²) in [5.74, 6) is -0.176. The normalized spacial score (nSPS) is 10.3. The Morgan fingerprint density at radius 2 is 2.17 bits per heavy atom. The number of aromatic nitrogens is 2. The van der Waals surface area contributed by atoms with E-state index >= 15 is 0 Å². The van der Waals surface area contributed by atoms with E-state index in [9.17, 15) is 4.79 Å². The van der Waals surface area contributed by atoms with E-state index in [1.807, 2.05) is 43.5 Å². The van der Waals surface area contributed by atoms with Gasteiger partial charge in [0.15, 0.2) is 0 Å². The molecule has 1 aromatic heterocycles. The van der Waals surface area contributed by atoms with Crippen molar-refractivity contribution in [2.75, 3.05) is 6.61 Å². The Morgan fingerprint density at radius 1 is 1.39 bits per heavy atom. The zero-order valence-electron chi connectivity index (χ0n) is 10.2. The van der Waals surface area contributed by atoms with Crippen molar-refractivity contribution in [2.24, 2.45) is 0 Å². The number of nitrogens with one attached hydrogen (secondary N) is 1. The van der Waals surface area contributed by atoms with Crippen molar-refractivity contribution in [3.05, 3.63) is 48.3 Å². The average molecular weight is 245 g/mol. The zero-order chi connectivity index (χ0) is 12.8. The van der Waals surface area contributed by atoms with Gasteiger partial charge < -0.3 is 0 Å². The summed E-state index contributed by atoms with van der Waals surface area (Å²) in [7, 11) is 0. The Bertz CT molecular complexity index is 508. The van der Waals surface area contributed by atoms with Gasteiger partial charge in [-0.3, -0.25) is 9.63 Å². The first-order valence-corrected chi connectivity index (χ1v) is 5.79. The van der Waals surface area contributed by atoms with Gasteiger partial charge in [-0.1, -0.05) is 18.2 Å². The molecular weight excluding hydrogens is 230 g/mol. The van der Waals surface area contributed by atoms with Crippen LogP contribution in [0.25, 0.3) is 5.69 Å². The first-order valence-electron chi connectivity index (χ1n) is 5.79. The van der Waals surface area contributed by atoms with Crippen LogP contribution in [0.15, 0.2) is 42.7 Å². The Balaban J connectivity index is 2.00. The van der Waals surface area contributed by atoms with Crippen molar-refractivity contribution >= 4 is 5.91 Å². The number of hydroxylamine groups is 1. The number of hydrogen-bond acceptors (Lipinski definition) is 3. The minimum Gasteiger partial charge on any atom is -0.274 e. The van der Waals surface area contributed by atoms with Gasteiger partial charge >= 0.3 is 0 Å². The summed E-state index contributed by atoms with van der Waals surface area (Å²) in [6.45, 7) is 2.27. The van der Waals surface area contributed by atoms with E-state index in [4.69, 9.17) is 4.84 Å². The van der Waals surface area contributed by atoms with E-state index in [0.717, 1.165) is 11.3 Å². The molecule has 5 nitrogen and oxygen atoms in total. The molecule has 1 heterocycles. The highest BCUT2D eigenvalue weighted by Gasteiger charge is 2.06. The maximum atomic E-state index is 11.4. The van der Waals surface area contributed by atoms with Gasteiger partial charge in [-0.25, -0.2) is 10.2 Å². The maximum absolute atomic E-state index is 11.4. The first-order chi connectivity index (χ1) is 8.79. The third kappa shape index (κ3) is 3.18. The van der Waals surface area contributed by atoms with Crippen LogP contribution < -0.4 is 5.48 Å². The fourth-order valence-corrected chi connectivity index (χ4v) is 1.55. The second-order valence-corrected chi connectivity index (χ2v) is 3.76. The lowest BCUT2D eigenvalue weighted by atomic mass is 10.2. The SMILES string of the molecule is CCONC(=O)Cc1cnn(-c2ccccc2)c1. The van der Waals surface area contributed by atoms with E-state index in [-0.39, 0.29) is 12.3 Å². The quantitative estimate of drug-likeness (QED) is 0.812. The Kier molecular flexibility index (Phi) is 4.09. The molecule has 5 heteroatoms. The Hall–Kier alpha value is -2.14. The van der Waals surface area contributed by atoms with Crippen molar-refractivity contribution in [3.63, 3.8) is 0 Å². The van der Waals surface area contributed by atoms with Gasteiger partial charge in [0.1, 0.15) is 0 Å². The summed E-state index contributed by atoms with van der Waals surface area (Å²) in [5.41, 5.74) is 4.16. The van der Waals surface area contributed by atoms with Crippen LogP contribution in [0.4, 0.5) is 0 Å². The zero-order valence-corrected chi connectivity index (χ0v) is 10.2. The monoisotopic (exact) mass is 245 g/mol. The van der Waals surface area contributed by atoms with E-state index < -0.39 is 0 Å². The number of benzene rings is 1. The average Bonchev–Trinajstić information content (AvgIpc) is 2.86. The molecule has 0 spiro atoms. The molecule has 2 aromatic rings. The van der Waals surface area contributed by atoms with E-state index in [1.165, 1.54) is 0 Å².